The molecular weight excluding hydrogens is 100 g/mol. The largest absolute Gasteiger partial charge is 0.386 e. The van der Waals surface area contributed by atoms with Crippen LogP contribution >= 0.6 is 0 Å². The van der Waals surface area contributed by atoms with Gasteiger partial charge in [0.25, 0.3) is 0 Å². The van der Waals surface area contributed by atoms with Crippen molar-refractivity contribution in [2.24, 2.45) is 11.5 Å². The molecule has 0 saturated carbocycles. The van der Waals surface area contributed by atoms with Crippen molar-refractivity contribution in [2.75, 3.05) is 0 Å². The van der Waals surface area contributed by atoms with E-state index in [1.165, 1.54) is 0 Å². The van der Waals surface area contributed by atoms with Crippen molar-refractivity contribution < 1.29 is 0 Å². The first-order chi connectivity index (χ1) is 3.80. The third-order valence-electron chi connectivity index (χ3n) is 1.30. The van der Waals surface area contributed by atoms with Gasteiger partial charge in [-0.2, -0.15) is 0 Å². The number of rotatable bonds is 0. The topological polar surface area (TPSA) is 52.0 Å². The Balaban J connectivity index is 2.64. The predicted octanol–water partition coefficient (Wildman–Crippen LogP) is 0.465. The van der Waals surface area contributed by atoms with E-state index < -0.39 is 0 Å². The van der Waals surface area contributed by atoms with Crippen LogP contribution in [0.1, 0.15) is 12.8 Å². The van der Waals surface area contributed by atoms with Crippen molar-refractivity contribution in [3.05, 3.63) is 23.5 Å². The van der Waals surface area contributed by atoms with Crippen LogP contribution in [0.15, 0.2) is 23.5 Å². The van der Waals surface area contributed by atoms with Crippen molar-refractivity contribution >= 4 is 0 Å². The maximum atomic E-state index is 5.32. The Morgan fingerprint density at radius 3 is 2.00 bits per heavy atom. The van der Waals surface area contributed by atoms with E-state index in [1.54, 1.807) is 0 Å². The minimum absolute atomic E-state index is 0.495. The van der Waals surface area contributed by atoms with Crippen LogP contribution in [0.3, 0.4) is 0 Å². The first-order valence-corrected chi connectivity index (χ1v) is 2.68. The summed E-state index contributed by atoms with van der Waals surface area (Å²) in [5, 5.41) is 0. The van der Waals surface area contributed by atoms with Gasteiger partial charge in [-0.3, -0.25) is 0 Å². The van der Waals surface area contributed by atoms with Gasteiger partial charge in [0, 0.05) is 0 Å². The Kier molecular flexibility index (Phi) is 1.24. The van der Waals surface area contributed by atoms with Crippen LogP contribution in [-0.2, 0) is 0 Å². The van der Waals surface area contributed by atoms with Crippen LogP contribution in [0.4, 0.5) is 0 Å². The number of hydrogen-bond donors (Lipinski definition) is 2. The van der Waals surface area contributed by atoms with E-state index in [2.05, 4.69) is 12.2 Å². The fourth-order valence-electron chi connectivity index (χ4n) is 0.770. The SMILES string of the molecule is NC(N)=C1CC=CC1. The van der Waals surface area contributed by atoms with Crippen molar-refractivity contribution in [2.45, 2.75) is 12.8 Å². The normalized spacial score (nSPS) is 17.2. The van der Waals surface area contributed by atoms with Gasteiger partial charge in [0.15, 0.2) is 0 Å². The van der Waals surface area contributed by atoms with Gasteiger partial charge in [0.05, 0.1) is 5.82 Å². The molecule has 0 atom stereocenters. The first-order valence-electron chi connectivity index (χ1n) is 2.68. The molecule has 0 radical (unpaired) electrons. The van der Waals surface area contributed by atoms with Crippen molar-refractivity contribution in [1.29, 1.82) is 0 Å². The summed E-state index contributed by atoms with van der Waals surface area (Å²) in [5.74, 6) is 0.495. The summed E-state index contributed by atoms with van der Waals surface area (Å²) in [7, 11) is 0. The second-order valence-corrected chi connectivity index (χ2v) is 1.94. The lowest BCUT2D eigenvalue weighted by molar-refractivity contribution is 1.07. The van der Waals surface area contributed by atoms with E-state index in [-0.39, 0.29) is 0 Å². The summed E-state index contributed by atoms with van der Waals surface area (Å²) in [6.45, 7) is 0. The molecule has 0 aromatic rings. The van der Waals surface area contributed by atoms with E-state index in [0.29, 0.717) is 5.82 Å². The van der Waals surface area contributed by atoms with Crippen LogP contribution in [0, 0.1) is 0 Å². The van der Waals surface area contributed by atoms with E-state index >= 15 is 0 Å². The molecule has 0 spiro atoms. The van der Waals surface area contributed by atoms with Crippen molar-refractivity contribution in [3.63, 3.8) is 0 Å². The highest BCUT2D eigenvalue weighted by Crippen LogP contribution is 2.15. The average molecular weight is 110 g/mol. The highest BCUT2D eigenvalue weighted by molar-refractivity contribution is 5.20. The molecule has 0 saturated heterocycles. The highest BCUT2D eigenvalue weighted by Gasteiger charge is 2.00. The average Bonchev–Trinajstić information content (AvgIpc) is 2.12. The zero-order valence-electron chi connectivity index (χ0n) is 4.72. The maximum Gasteiger partial charge on any atom is 0.0931 e. The summed E-state index contributed by atoms with van der Waals surface area (Å²) in [5.41, 5.74) is 11.8. The Labute approximate surface area is 48.9 Å². The predicted molar refractivity (Wildman–Crippen MR) is 33.8 cm³/mol. The standard InChI is InChI=1S/C6H10N2/c7-6(8)5-3-1-2-4-5/h1-2H,3-4,7-8H2. The third-order valence-corrected chi connectivity index (χ3v) is 1.30. The van der Waals surface area contributed by atoms with Gasteiger partial charge in [-0.1, -0.05) is 12.2 Å². The van der Waals surface area contributed by atoms with Crippen molar-refractivity contribution in [3.8, 4) is 0 Å². The second kappa shape index (κ2) is 1.90. The van der Waals surface area contributed by atoms with E-state index in [1.807, 2.05) is 0 Å². The summed E-state index contributed by atoms with van der Waals surface area (Å²) in [4.78, 5) is 0. The van der Waals surface area contributed by atoms with Crippen LogP contribution in [-0.4, -0.2) is 0 Å². The molecule has 0 unspecified atom stereocenters. The van der Waals surface area contributed by atoms with Gasteiger partial charge in [-0.15, -0.1) is 0 Å². The summed E-state index contributed by atoms with van der Waals surface area (Å²) >= 11 is 0. The Morgan fingerprint density at radius 2 is 1.75 bits per heavy atom. The van der Waals surface area contributed by atoms with Crippen LogP contribution in [0.25, 0.3) is 0 Å². The fraction of sp³-hybridized carbons (Fsp3) is 0.333. The summed E-state index contributed by atoms with van der Waals surface area (Å²) in [6, 6.07) is 0. The molecule has 0 heterocycles. The number of allylic oxidation sites excluding steroid dienone is 3. The lowest BCUT2D eigenvalue weighted by Gasteiger charge is -1.95. The monoisotopic (exact) mass is 110 g/mol. The minimum atomic E-state index is 0.495. The molecule has 8 heavy (non-hydrogen) atoms. The minimum Gasteiger partial charge on any atom is -0.386 e. The lowest BCUT2D eigenvalue weighted by atomic mass is 10.2. The Bertz CT molecular complexity index is 131. The van der Waals surface area contributed by atoms with E-state index in [4.69, 9.17) is 11.5 Å². The van der Waals surface area contributed by atoms with E-state index in [0.717, 1.165) is 18.4 Å². The molecule has 2 nitrogen and oxygen atoms in total. The van der Waals surface area contributed by atoms with Gasteiger partial charge in [-0.25, -0.2) is 0 Å². The van der Waals surface area contributed by atoms with E-state index in [9.17, 15) is 0 Å². The molecule has 2 heteroatoms. The van der Waals surface area contributed by atoms with Gasteiger partial charge < -0.3 is 11.5 Å². The molecule has 0 aromatic carbocycles. The lowest BCUT2D eigenvalue weighted by Crippen LogP contribution is -2.10. The molecule has 4 N–H and O–H groups in total. The van der Waals surface area contributed by atoms with Crippen LogP contribution in [0.2, 0.25) is 0 Å². The third kappa shape index (κ3) is 0.832. The van der Waals surface area contributed by atoms with Gasteiger partial charge in [-0.05, 0) is 18.4 Å². The smallest absolute Gasteiger partial charge is 0.0931 e. The molecule has 1 aliphatic carbocycles. The molecule has 0 aromatic heterocycles. The quantitative estimate of drug-likeness (QED) is 0.445. The molecule has 0 bridgehead atoms. The Hall–Kier alpha value is -0.920. The Morgan fingerprint density at radius 1 is 1.25 bits per heavy atom. The van der Waals surface area contributed by atoms with Crippen LogP contribution in [0.5, 0.6) is 0 Å². The molecule has 0 aliphatic heterocycles. The number of hydrogen-bond acceptors (Lipinski definition) is 2. The zero-order chi connectivity index (χ0) is 5.98. The molecule has 0 fully saturated rings. The first kappa shape index (κ1) is 5.22. The van der Waals surface area contributed by atoms with Gasteiger partial charge in [0.2, 0.25) is 0 Å². The van der Waals surface area contributed by atoms with Crippen LogP contribution < -0.4 is 11.5 Å². The molecule has 44 valence electrons. The molecular formula is C6H10N2. The summed E-state index contributed by atoms with van der Waals surface area (Å²) < 4.78 is 0. The molecule has 0 amide bonds. The fourth-order valence-corrected chi connectivity index (χ4v) is 0.770. The number of nitrogens with two attached hydrogens (primary N) is 2. The molecule has 1 aliphatic rings. The summed E-state index contributed by atoms with van der Waals surface area (Å²) in [6.07, 6.45) is 6.05. The van der Waals surface area contributed by atoms with Gasteiger partial charge >= 0.3 is 0 Å². The second-order valence-electron chi connectivity index (χ2n) is 1.94. The van der Waals surface area contributed by atoms with Crippen molar-refractivity contribution in [1.82, 2.24) is 0 Å². The van der Waals surface area contributed by atoms with Gasteiger partial charge in [0.1, 0.15) is 0 Å². The highest BCUT2D eigenvalue weighted by atomic mass is 14.8. The zero-order valence-corrected chi connectivity index (χ0v) is 4.72. The molecule has 1 rings (SSSR count). The maximum absolute atomic E-state index is 5.32.